The van der Waals surface area contributed by atoms with E-state index in [9.17, 15) is 0 Å². The third-order valence-corrected chi connectivity index (χ3v) is 5.33. The minimum atomic E-state index is 0.464. The molecule has 3 nitrogen and oxygen atoms in total. The number of benzene rings is 2. The highest BCUT2D eigenvalue weighted by Crippen LogP contribution is 2.47. The van der Waals surface area contributed by atoms with Crippen molar-refractivity contribution >= 4 is 5.69 Å². The number of hydrogen-bond acceptors (Lipinski definition) is 3. The van der Waals surface area contributed by atoms with Crippen LogP contribution in [0.5, 0.6) is 5.75 Å². The molecule has 2 aromatic rings. The lowest BCUT2D eigenvalue weighted by molar-refractivity contribution is 0.127. The van der Waals surface area contributed by atoms with Crippen LogP contribution in [0.25, 0.3) is 0 Å². The maximum atomic E-state index is 5.44. The summed E-state index contributed by atoms with van der Waals surface area (Å²) in [5.74, 6) is 1.56. The summed E-state index contributed by atoms with van der Waals surface area (Å²) in [6, 6.07) is 17.4. The van der Waals surface area contributed by atoms with E-state index < -0.39 is 0 Å². The minimum absolute atomic E-state index is 0.464. The molecule has 3 heteroatoms. The number of ether oxygens (including phenoxy) is 1. The predicted molar refractivity (Wildman–Crippen MR) is 105 cm³/mol. The Hall–Kier alpha value is -2.00. The summed E-state index contributed by atoms with van der Waals surface area (Å²) < 4.78 is 5.44. The van der Waals surface area contributed by atoms with Crippen molar-refractivity contribution in [2.24, 2.45) is 0 Å². The Bertz CT molecular complexity index is 686. The Morgan fingerprint density at radius 2 is 1.84 bits per heavy atom. The second-order valence-electron chi connectivity index (χ2n) is 6.65. The third kappa shape index (κ3) is 3.38. The van der Waals surface area contributed by atoms with Gasteiger partial charge in [-0.25, -0.2) is 0 Å². The molecule has 4 rings (SSSR count). The van der Waals surface area contributed by atoms with E-state index in [2.05, 4.69) is 65.4 Å². The van der Waals surface area contributed by atoms with E-state index in [1.54, 1.807) is 7.11 Å². The van der Waals surface area contributed by atoms with Gasteiger partial charge in [-0.1, -0.05) is 44.2 Å². The smallest absolute Gasteiger partial charge is 0.119 e. The molecule has 0 saturated carbocycles. The molecule has 0 N–H and O–H groups in total. The van der Waals surface area contributed by atoms with Crippen molar-refractivity contribution in [1.82, 2.24) is 4.90 Å². The number of nitrogens with zero attached hydrogens (tertiary/aromatic N) is 2. The number of likely N-dealkylation sites (tertiary alicyclic amines) is 1. The first kappa shape index (κ1) is 17.8. The summed E-state index contributed by atoms with van der Waals surface area (Å²) in [7, 11) is 3.99. The van der Waals surface area contributed by atoms with E-state index in [4.69, 9.17) is 4.74 Å². The Morgan fingerprint density at radius 3 is 2.56 bits per heavy atom. The van der Waals surface area contributed by atoms with Crippen LogP contribution in [0.2, 0.25) is 0 Å². The summed E-state index contributed by atoms with van der Waals surface area (Å²) in [6.45, 7) is 6.20. The van der Waals surface area contributed by atoms with Gasteiger partial charge < -0.3 is 9.64 Å². The third-order valence-electron chi connectivity index (χ3n) is 5.33. The Balaban J connectivity index is 0.000000880. The van der Waals surface area contributed by atoms with Gasteiger partial charge in [-0.2, -0.15) is 0 Å². The number of rotatable bonds is 3. The maximum absolute atomic E-state index is 5.44. The van der Waals surface area contributed by atoms with Gasteiger partial charge >= 0.3 is 0 Å². The van der Waals surface area contributed by atoms with E-state index in [0.29, 0.717) is 12.1 Å². The SMILES string of the molecule is CC.COc1ccc2c(c1)C1CCCN(Cc3ccccc3)C1N2C. The summed E-state index contributed by atoms with van der Waals surface area (Å²) in [4.78, 5) is 5.09. The lowest BCUT2D eigenvalue weighted by Gasteiger charge is -2.41. The Kier molecular flexibility index (Phi) is 5.64. The molecule has 0 bridgehead atoms. The van der Waals surface area contributed by atoms with Crippen molar-refractivity contribution in [3.8, 4) is 5.75 Å². The van der Waals surface area contributed by atoms with Crippen LogP contribution in [0.4, 0.5) is 5.69 Å². The number of hydrogen-bond donors (Lipinski definition) is 0. The van der Waals surface area contributed by atoms with E-state index in [-0.39, 0.29) is 0 Å². The molecule has 2 unspecified atom stereocenters. The molecule has 0 amide bonds. The lowest BCUT2D eigenvalue weighted by Crippen LogP contribution is -2.49. The Labute approximate surface area is 152 Å². The van der Waals surface area contributed by atoms with Crippen molar-refractivity contribution in [3.05, 3.63) is 59.7 Å². The van der Waals surface area contributed by atoms with Crippen molar-refractivity contribution in [1.29, 1.82) is 0 Å². The largest absolute Gasteiger partial charge is 0.497 e. The molecular formula is C22H30N2O. The van der Waals surface area contributed by atoms with Gasteiger partial charge in [0.25, 0.3) is 0 Å². The molecular weight excluding hydrogens is 308 g/mol. The summed E-state index contributed by atoms with van der Waals surface area (Å²) in [6.07, 6.45) is 2.99. The molecule has 2 aliphatic rings. The number of methoxy groups -OCH3 is 1. The molecule has 2 heterocycles. The first-order chi connectivity index (χ1) is 12.3. The predicted octanol–water partition coefficient (Wildman–Crippen LogP) is 4.88. The number of likely N-dealkylation sites (N-methyl/N-ethyl adjacent to an activating group) is 1. The fourth-order valence-corrected chi connectivity index (χ4v) is 4.29. The highest BCUT2D eigenvalue weighted by molar-refractivity contribution is 5.63. The molecule has 25 heavy (non-hydrogen) atoms. The van der Waals surface area contributed by atoms with Gasteiger partial charge in [-0.05, 0) is 42.2 Å². The van der Waals surface area contributed by atoms with Gasteiger partial charge in [0.1, 0.15) is 5.75 Å². The molecule has 0 aliphatic carbocycles. The van der Waals surface area contributed by atoms with Crippen LogP contribution in [-0.4, -0.2) is 31.8 Å². The van der Waals surface area contributed by atoms with Gasteiger partial charge in [0.05, 0.1) is 13.3 Å². The quantitative estimate of drug-likeness (QED) is 0.793. The van der Waals surface area contributed by atoms with Crippen molar-refractivity contribution in [3.63, 3.8) is 0 Å². The van der Waals surface area contributed by atoms with Crippen LogP contribution in [0.15, 0.2) is 48.5 Å². The van der Waals surface area contributed by atoms with Crippen LogP contribution in [-0.2, 0) is 6.54 Å². The Morgan fingerprint density at radius 1 is 1.08 bits per heavy atom. The van der Waals surface area contributed by atoms with Crippen molar-refractivity contribution in [2.75, 3.05) is 25.6 Å². The van der Waals surface area contributed by atoms with Crippen LogP contribution >= 0.6 is 0 Å². The molecule has 0 spiro atoms. The summed E-state index contributed by atoms with van der Waals surface area (Å²) in [5, 5.41) is 0. The van der Waals surface area contributed by atoms with E-state index in [1.165, 1.54) is 36.2 Å². The van der Waals surface area contributed by atoms with E-state index >= 15 is 0 Å². The topological polar surface area (TPSA) is 15.7 Å². The standard InChI is InChI=1S/C20H24N2O.C2H6/c1-21-19-11-10-16(23-2)13-18(19)17-9-6-12-22(20(17)21)14-15-7-4-3-5-8-15;1-2/h3-5,7-8,10-11,13,17,20H,6,9,12,14H2,1-2H3;1-2H3. The zero-order valence-electron chi connectivity index (χ0n) is 15.9. The monoisotopic (exact) mass is 338 g/mol. The van der Waals surface area contributed by atoms with Crippen LogP contribution in [0.1, 0.15) is 43.7 Å². The zero-order valence-corrected chi connectivity index (χ0v) is 15.9. The first-order valence-corrected chi connectivity index (χ1v) is 9.46. The lowest BCUT2D eigenvalue weighted by atomic mass is 9.89. The molecule has 2 atom stereocenters. The molecule has 1 saturated heterocycles. The number of anilines is 1. The molecule has 0 radical (unpaired) electrons. The van der Waals surface area contributed by atoms with E-state index in [0.717, 1.165) is 12.3 Å². The van der Waals surface area contributed by atoms with Crippen LogP contribution in [0, 0.1) is 0 Å². The first-order valence-electron chi connectivity index (χ1n) is 9.46. The molecule has 2 aromatic carbocycles. The normalized spacial score (nSPS) is 21.8. The van der Waals surface area contributed by atoms with Gasteiger partial charge in [0.15, 0.2) is 0 Å². The van der Waals surface area contributed by atoms with Gasteiger partial charge in [0.2, 0.25) is 0 Å². The van der Waals surface area contributed by atoms with E-state index in [1.807, 2.05) is 13.8 Å². The number of fused-ring (bicyclic) bond motifs is 3. The second kappa shape index (κ2) is 7.92. The van der Waals surface area contributed by atoms with Crippen molar-refractivity contribution in [2.45, 2.75) is 45.3 Å². The average molecular weight is 338 g/mol. The second-order valence-corrected chi connectivity index (χ2v) is 6.65. The fourth-order valence-electron chi connectivity index (χ4n) is 4.29. The molecule has 0 aromatic heterocycles. The van der Waals surface area contributed by atoms with Crippen molar-refractivity contribution < 1.29 is 4.74 Å². The molecule has 134 valence electrons. The van der Waals surface area contributed by atoms with Gasteiger partial charge in [0, 0.05) is 31.7 Å². The summed E-state index contributed by atoms with van der Waals surface area (Å²) >= 11 is 0. The highest BCUT2D eigenvalue weighted by Gasteiger charge is 2.42. The average Bonchev–Trinajstić information content (AvgIpc) is 2.97. The maximum Gasteiger partial charge on any atom is 0.119 e. The fraction of sp³-hybridized carbons (Fsp3) is 0.455. The minimum Gasteiger partial charge on any atom is -0.497 e. The molecule has 2 aliphatic heterocycles. The van der Waals surface area contributed by atoms with Crippen LogP contribution in [0.3, 0.4) is 0 Å². The van der Waals surface area contributed by atoms with Gasteiger partial charge in [-0.3, -0.25) is 4.90 Å². The zero-order chi connectivity index (χ0) is 17.8. The van der Waals surface area contributed by atoms with Crippen LogP contribution < -0.4 is 9.64 Å². The number of piperidine rings is 1. The van der Waals surface area contributed by atoms with Gasteiger partial charge in [-0.15, -0.1) is 0 Å². The summed E-state index contributed by atoms with van der Waals surface area (Å²) in [5.41, 5.74) is 4.21. The highest BCUT2D eigenvalue weighted by atomic mass is 16.5. The molecule has 1 fully saturated rings.